The van der Waals surface area contributed by atoms with Gasteiger partial charge in [-0.2, -0.15) is 5.10 Å². The smallest absolute Gasteiger partial charge is 0.280 e. The van der Waals surface area contributed by atoms with Crippen LogP contribution in [0, 0.1) is 6.92 Å². The Kier molecular flexibility index (Phi) is 6.12. The van der Waals surface area contributed by atoms with E-state index in [1.807, 2.05) is 54.6 Å². The Morgan fingerprint density at radius 3 is 2.34 bits per heavy atom. The second kappa shape index (κ2) is 8.73. The predicted molar refractivity (Wildman–Crippen MR) is 117 cm³/mol. The number of para-hydroxylation sites is 1. The molecule has 0 atom stereocenters. The molecule has 150 valence electrons. The van der Waals surface area contributed by atoms with Crippen LogP contribution in [-0.4, -0.2) is 28.3 Å². The molecule has 3 aromatic rings. The number of amides is 1. The maximum atomic E-state index is 12.7. The van der Waals surface area contributed by atoms with Crippen LogP contribution >= 0.6 is 0 Å². The first kappa shape index (κ1) is 20.3. The van der Waals surface area contributed by atoms with E-state index in [1.165, 1.54) is 6.07 Å². The number of rotatable bonds is 6. The number of benzene rings is 2. The standard InChI is InChI=1S/C23H26N4O2/c1-5-26(16(2)3)19-13-11-18(12-14-19)24-23(29)22-21(28)15-17(4)27(25-22)20-9-7-6-8-10-20/h6-16H,5H2,1-4H3,(H,24,29). The van der Waals surface area contributed by atoms with Gasteiger partial charge in [0.15, 0.2) is 5.69 Å². The lowest BCUT2D eigenvalue weighted by atomic mass is 10.2. The SMILES string of the molecule is CCN(c1ccc(NC(=O)c2nn(-c3ccccc3)c(C)cc2=O)cc1)C(C)C. The quantitative estimate of drug-likeness (QED) is 0.690. The van der Waals surface area contributed by atoms with Crippen LogP contribution in [0.25, 0.3) is 5.69 Å². The third-order valence-electron chi connectivity index (χ3n) is 4.74. The molecule has 29 heavy (non-hydrogen) atoms. The number of carbonyl (C=O) groups is 1. The summed E-state index contributed by atoms with van der Waals surface area (Å²) in [5.41, 5.74) is 2.61. The van der Waals surface area contributed by atoms with E-state index in [1.54, 1.807) is 11.6 Å². The molecular weight excluding hydrogens is 364 g/mol. The molecule has 1 aromatic heterocycles. The highest BCUT2D eigenvalue weighted by Crippen LogP contribution is 2.20. The van der Waals surface area contributed by atoms with Crippen LogP contribution in [0.2, 0.25) is 0 Å². The van der Waals surface area contributed by atoms with Crippen LogP contribution in [0.15, 0.2) is 65.5 Å². The maximum Gasteiger partial charge on any atom is 0.280 e. The lowest BCUT2D eigenvalue weighted by Gasteiger charge is -2.27. The number of hydrogen-bond acceptors (Lipinski definition) is 4. The summed E-state index contributed by atoms with van der Waals surface area (Å²) in [7, 11) is 0. The van der Waals surface area contributed by atoms with Gasteiger partial charge in [0.05, 0.1) is 5.69 Å². The maximum absolute atomic E-state index is 12.7. The molecule has 3 rings (SSSR count). The van der Waals surface area contributed by atoms with Crippen molar-refractivity contribution in [2.24, 2.45) is 0 Å². The molecule has 1 N–H and O–H groups in total. The van der Waals surface area contributed by atoms with Crippen molar-refractivity contribution in [3.63, 3.8) is 0 Å². The van der Waals surface area contributed by atoms with Crippen molar-refractivity contribution in [1.82, 2.24) is 9.78 Å². The Balaban J connectivity index is 1.85. The van der Waals surface area contributed by atoms with Gasteiger partial charge in [0.25, 0.3) is 5.91 Å². The zero-order chi connectivity index (χ0) is 21.0. The fourth-order valence-electron chi connectivity index (χ4n) is 3.31. The van der Waals surface area contributed by atoms with Crippen molar-refractivity contribution >= 4 is 17.3 Å². The van der Waals surface area contributed by atoms with E-state index in [4.69, 9.17) is 0 Å². The van der Waals surface area contributed by atoms with Gasteiger partial charge < -0.3 is 10.2 Å². The molecule has 0 saturated carbocycles. The van der Waals surface area contributed by atoms with Crippen LogP contribution in [0.1, 0.15) is 37.0 Å². The lowest BCUT2D eigenvalue weighted by Crippen LogP contribution is -2.30. The summed E-state index contributed by atoms with van der Waals surface area (Å²) >= 11 is 0. The van der Waals surface area contributed by atoms with E-state index in [0.29, 0.717) is 17.4 Å². The van der Waals surface area contributed by atoms with Crippen LogP contribution in [0.4, 0.5) is 11.4 Å². The first-order valence-corrected chi connectivity index (χ1v) is 9.75. The highest BCUT2D eigenvalue weighted by Gasteiger charge is 2.16. The summed E-state index contributed by atoms with van der Waals surface area (Å²) in [6.45, 7) is 9.07. The molecule has 6 nitrogen and oxygen atoms in total. The van der Waals surface area contributed by atoms with Crippen molar-refractivity contribution in [1.29, 1.82) is 0 Å². The Morgan fingerprint density at radius 1 is 1.10 bits per heavy atom. The predicted octanol–water partition coefficient (Wildman–Crippen LogP) is 4.03. The normalized spacial score (nSPS) is 10.8. The summed E-state index contributed by atoms with van der Waals surface area (Å²) in [4.78, 5) is 27.3. The summed E-state index contributed by atoms with van der Waals surface area (Å²) in [5.74, 6) is -0.524. The highest BCUT2D eigenvalue weighted by molar-refractivity contribution is 6.02. The molecule has 1 heterocycles. The Morgan fingerprint density at radius 2 is 1.76 bits per heavy atom. The Bertz CT molecular complexity index is 1040. The number of aryl methyl sites for hydroxylation is 1. The largest absolute Gasteiger partial charge is 0.369 e. The number of carbonyl (C=O) groups excluding carboxylic acids is 1. The number of nitrogens with zero attached hydrogens (tertiary/aromatic N) is 3. The second-order valence-corrected chi connectivity index (χ2v) is 7.13. The molecule has 0 aliphatic carbocycles. The molecule has 2 aromatic carbocycles. The van der Waals surface area contributed by atoms with Crippen LogP contribution in [-0.2, 0) is 0 Å². The van der Waals surface area contributed by atoms with Gasteiger partial charge >= 0.3 is 0 Å². The first-order valence-electron chi connectivity index (χ1n) is 9.75. The minimum Gasteiger partial charge on any atom is -0.369 e. The zero-order valence-electron chi connectivity index (χ0n) is 17.2. The molecule has 1 amide bonds. The number of hydrogen-bond donors (Lipinski definition) is 1. The first-order chi connectivity index (χ1) is 13.9. The van der Waals surface area contributed by atoms with Crippen molar-refractivity contribution in [2.75, 3.05) is 16.8 Å². The van der Waals surface area contributed by atoms with Crippen molar-refractivity contribution in [3.8, 4) is 5.69 Å². The minimum atomic E-state index is -0.524. The molecule has 0 aliphatic rings. The van der Waals surface area contributed by atoms with Gasteiger partial charge in [-0.1, -0.05) is 18.2 Å². The van der Waals surface area contributed by atoms with Crippen molar-refractivity contribution in [2.45, 2.75) is 33.7 Å². The highest BCUT2D eigenvalue weighted by atomic mass is 16.2. The third kappa shape index (κ3) is 4.54. The zero-order valence-corrected chi connectivity index (χ0v) is 17.2. The second-order valence-electron chi connectivity index (χ2n) is 7.13. The van der Waals surface area contributed by atoms with Gasteiger partial charge in [-0.05, 0) is 64.1 Å². The summed E-state index contributed by atoms with van der Waals surface area (Å²) in [5, 5.41) is 7.08. The van der Waals surface area contributed by atoms with E-state index in [-0.39, 0.29) is 5.69 Å². The summed E-state index contributed by atoms with van der Waals surface area (Å²) < 4.78 is 1.60. The van der Waals surface area contributed by atoms with Gasteiger partial charge in [0, 0.05) is 35.7 Å². The molecule has 0 saturated heterocycles. The van der Waals surface area contributed by atoms with E-state index in [0.717, 1.165) is 17.9 Å². The van der Waals surface area contributed by atoms with Gasteiger partial charge in [-0.25, -0.2) is 4.68 Å². The van der Waals surface area contributed by atoms with Crippen LogP contribution in [0.5, 0.6) is 0 Å². The molecule has 6 heteroatoms. The summed E-state index contributed by atoms with van der Waals surface area (Å²) in [6, 6.07) is 18.8. The number of aromatic nitrogens is 2. The number of nitrogens with one attached hydrogen (secondary N) is 1. The van der Waals surface area contributed by atoms with E-state index in [2.05, 4.69) is 36.1 Å². The van der Waals surface area contributed by atoms with Gasteiger partial charge in [0.1, 0.15) is 0 Å². The average molecular weight is 390 g/mol. The monoisotopic (exact) mass is 390 g/mol. The van der Waals surface area contributed by atoms with E-state index >= 15 is 0 Å². The third-order valence-corrected chi connectivity index (χ3v) is 4.74. The minimum absolute atomic E-state index is 0.138. The topological polar surface area (TPSA) is 67.2 Å². The number of anilines is 2. The molecule has 0 spiro atoms. The molecule has 0 bridgehead atoms. The average Bonchev–Trinajstić information content (AvgIpc) is 2.70. The van der Waals surface area contributed by atoms with Gasteiger partial charge in [-0.15, -0.1) is 0 Å². The van der Waals surface area contributed by atoms with Crippen LogP contribution < -0.4 is 15.6 Å². The fraction of sp³-hybridized carbons (Fsp3) is 0.261. The lowest BCUT2D eigenvalue weighted by molar-refractivity contribution is 0.101. The Labute approximate surface area is 170 Å². The summed E-state index contributed by atoms with van der Waals surface area (Å²) in [6.07, 6.45) is 0. The Hall–Kier alpha value is -3.41. The molecule has 0 aliphatic heterocycles. The van der Waals surface area contributed by atoms with Gasteiger partial charge in [-0.3, -0.25) is 9.59 Å². The molecule has 0 fully saturated rings. The van der Waals surface area contributed by atoms with Gasteiger partial charge in [0.2, 0.25) is 5.43 Å². The van der Waals surface area contributed by atoms with E-state index < -0.39 is 11.3 Å². The van der Waals surface area contributed by atoms with Crippen LogP contribution in [0.3, 0.4) is 0 Å². The molecular formula is C23H26N4O2. The van der Waals surface area contributed by atoms with E-state index in [9.17, 15) is 9.59 Å². The van der Waals surface area contributed by atoms with Crippen molar-refractivity contribution in [3.05, 3.63) is 82.3 Å². The fourth-order valence-corrected chi connectivity index (χ4v) is 3.31. The molecule has 0 unspecified atom stereocenters. The molecule has 0 radical (unpaired) electrons. The van der Waals surface area contributed by atoms with Crippen molar-refractivity contribution < 1.29 is 4.79 Å².